The molecule has 48 heavy (non-hydrogen) atoms. The number of unbranched alkanes of at least 4 members (excludes halogenated alkanes) is 22. The molecule has 2 amide bonds. The summed E-state index contributed by atoms with van der Waals surface area (Å²) in [6, 6.07) is -0.318. The number of aliphatic hydroxyl groups is 2. The third kappa shape index (κ3) is 20.4. The Labute approximate surface area is 305 Å². The quantitative estimate of drug-likeness (QED) is 0.0389. The predicted molar refractivity (Wildman–Crippen MR) is 199 cm³/mol. The van der Waals surface area contributed by atoms with Crippen LogP contribution >= 0.6 is 0 Å². The number of alkyl carbamates (subject to hydrolysis) is 2. The molecule has 2 rings (SSSR count). The fourth-order valence-electron chi connectivity index (χ4n) is 6.87. The van der Waals surface area contributed by atoms with Gasteiger partial charge >= 0.3 is 228 Å². The SMILES string of the molecule is CCCCCCCCCCCCCC[C@@H](O)[C@H]1OC(=O)N[C@H]1C[Se][Se]C[C@@H]1NC(=O)O[C@@H]1[C@H](O)CCCCCCCCCCCCCC. The van der Waals surface area contributed by atoms with E-state index in [2.05, 4.69) is 24.5 Å². The normalized spacial score (nSPS) is 21.9. The van der Waals surface area contributed by atoms with Crippen molar-refractivity contribution >= 4 is 38.4 Å². The fraction of sp³-hybridized carbons (Fsp3) is 0.947. The second-order valence-electron chi connectivity index (χ2n) is 14.3. The molecule has 0 bridgehead atoms. The molecule has 0 aromatic heterocycles. The van der Waals surface area contributed by atoms with Crippen molar-refractivity contribution in [2.24, 2.45) is 0 Å². The van der Waals surface area contributed by atoms with Gasteiger partial charge in [0.25, 0.3) is 0 Å². The number of amides is 2. The van der Waals surface area contributed by atoms with Crippen LogP contribution in [-0.4, -0.2) is 85.2 Å². The number of aliphatic hydroxyl groups excluding tert-OH is 2. The number of ether oxygens (including phenoxy) is 2. The van der Waals surface area contributed by atoms with E-state index in [1.807, 2.05) is 0 Å². The van der Waals surface area contributed by atoms with Crippen LogP contribution in [0.4, 0.5) is 9.59 Å². The predicted octanol–water partition coefficient (Wildman–Crippen LogP) is 9.00. The number of hydrogen-bond donors (Lipinski definition) is 4. The van der Waals surface area contributed by atoms with Gasteiger partial charge in [-0.25, -0.2) is 0 Å². The summed E-state index contributed by atoms with van der Waals surface area (Å²) >= 11 is 0.510. The van der Waals surface area contributed by atoms with E-state index in [1.54, 1.807) is 0 Å². The van der Waals surface area contributed by atoms with Crippen molar-refractivity contribution in [2.75, 3.05) is 0 Å². The van der Waals surface area contributed by atoms with E-state index in [0.29, 0.717) is 12.8 Å². The molecule has 2 fully saturated rings. The van der Waals surface area contributed by atoms with E-state index in [9.17, 15) is 19.8 Å². The van der Waals surface area contributed by atoms with Crippen molar-refractivity contribution in [1.29, 1.82) is 0 Å². The first kappa shape index (κ1) is 43.7. The minimum atomic E-state index is -0.636. The maximum absolute atomic E-state index is 12.0. The van der Waals surface area contributed by atoms with Crippen LogP contribution in [0, 0.1) is 0 Å². The van der Waals surface area contributed by atoms with E-state index in [4.69, 9.17) is 9.47 Å². The Morgan fingerprint density at radius 3 is 1.06 bits per heavy atom. The summed E-state index contributed by atoms with van der Waals surface area (Å²) in [6.07, 6.45) is 28.9. The van der Waals surface area contributed by atoms with Crippen molar-refractivity contribution in [1.82, 2.24) is 10.6 Å². The summed E-state index contributed by atoms with van der Waals surface area (Å²) in [5, 5.41) is 29.1. The van der Waals surface area contributed by atoms with E-state index in [0.717, 1.165) is 36.3 Å². The van der Waals surface area contributed by atoms with E-state index >= 15 is 0 Å². The van der Waals surface area contributed by atoms with E-state index < -0.39 is 36.6 Å². The van der Waals surface area contributed by atoms with Crippen LogP contribution < -0.4 is 10.6 Å². The van der Waals surface area contributed by atoms with Gasteiger partial charge in [-0.2, -0.15) is 0 Å². The molecule has 0 aromatic carbocycles. The minimum absolute atomic E-state index is 0.159. The van der Waals surface area contributed by atoms with Gasteiger partial charge in [0.1, 0.15) is 0 Å². The van der Waals surface area contributed by atoms with Gasteiger partial charge < -0.3 is 0 Å². The number of carbonyl (C=O) groups excluding carboxylic acids is 2. The monoisotopic (exact) mass is 812 g/mol. The number of carbonyl (C=O) groups is 2. The Hall–Kier alpha value is -0.501. The van der Waals surface area contributed by atoms with Crippen LogP contribution in [0.25, 0.3) is 0 Å². The Bertz CT molecular complexity index is 745. The zero-order valence-corrected chi connectivity index (χ0v) is 34.0. The Morgan fingerprint density at radius 2 is 0.771 bits per heavy atom. The molecule has 10 heteroatoms. The van der Waals surface area contributed by atoms with Gasteiger partial charge in [-0.15, -0.1) is 0 Å². The first-order valence-electron chi connectivity index (χ1n) is 20.0. The summed E-state index contributed by atoms with van der Waals surface area (Å²) in [4.78, 5) is 24.1. The van der Waals surface area contributed by atoms with Gasteiger partial charge in [-0.05, 0) is 0 Å². The zero-order chi connectivity index (χ0) is 34.7. The van der Waals surface area contributed by atoms with Gasteiger partial charge in [-0.3, -0.25) is 0 Å². The van der Waals surface area contributed by atoms with Crippen molar-refractivity contribution < 1.29 is 29.3 Å². The molecule has 2 aliphatic rings. The van der Waals surface area contributed by atoms with Gasteiger partial charge in [0.05, 0.1) is 0 Å². The average molecular weight is 811 g/mol. The van der Waals surface area contributed by atoms with Crippen molar-refractivity contribution in [3.05, 3.63) is 0 Å². The third-order valence-corrected chi connectivity index (χ3v) is 17.1. The molecule has 0 aromatic rings. The topological polar surface area (TPSA) is 117 Å². The van der Waals surface area contributed by atoms with Crippen LogP contribution in [0.15, 0.2) is 0 Å². The first-order chi connectivity index (χ1) is 23.5. The van der Waals surface area contributed by atoms with Gasteiger partial charge in [0.15, 0.2) is 0 Å². The average Bonchev–Trinajstić information content (AvgIpc) is 3.65. The molecule has 2 aliphatic heterocycles. The second kappa shape index (κ2) is 29.1. The maximum atomic E-state index is 12.0. The molecule has 0 radical (unpaired) electrons. The smallest absolute Gasteiger partial charge is 0.0654 e. The summed E-state index contributed by atoms with van der Waals surface area (Å²) in [6.45, 7) is 4.52. The molecule has 4 N–H and O–H groups in total. The van der Waals surface area contributed by atoms with Gasteiger partial charge in [0, 0.05) is 0 Å². The standard InChI is InChI=1S/C38H72N2O6Se2/c1-3-5-7-9-11-13-15-17-19-21-23-25-27-33(41)35-31(39-37(43)45-35)29-47-48-30-32-36(46-38(44)40-32)34(42)28-26-24-22-20-18-16-14-12-10-8-6-4-2/h31-36,41-42H,3-30H2,1-2H3,(H,39,43)(H,40,44)/t31-,32-,33+,34+,35-,36-/m0/s1. The van der Waals surface area contributed by atoms with Crippen LogP contribution in [0.5, 0.6) is 0 Å². The molecule has 0 unspecified atom stereocenters. The fourth-order valence-corrected chi connectivity index (χ4v) is 14.3. The third-order valence-electron chi connectivity index (χ3n) is 9.93. The van der Waals surface area contributed by atoms with E-state index in [-0.39, 0.29) is 38.3 Å². The Morgan fingerprint density at radius 1 is 0.500 bits per heavy atom. The second-order valence-corrected chi connectivity index (χ2v) is 21.8. The van der Waals surface area contributed by atoms with Crippen molar-refractivity contribution in [3.63, 3.8) is 0 Å². The van der Waals surface area contributed by atoms with Crippen LogP contribution in [0.2, 0.25) is 10.6 Å². The van der Waals surface area contributed by atoms with Gasteiger partial charge in [-0.1, -0.05) is 78.1 Å². The number of hydrogen-bond acceptors (Lipinski definition) is 6. The van der Waals surface area contributed by atoms with Crippen molar-refractivity contribution in [3.8, 4) is 0 Å². The minimum Gasteiger partial charge on any atom is -0.0654 e. The van der Waals surface area contributed by atoms with Gasteiger partial charge in [0.2, 0.25) is 0 Å². The molecule has 0 saturated carbocycles. The van der Waals surface area contributed by atoms with Crippen LogP contribution in [-0.2, 0) is 9.47 Å². The molecular weight excluding hydrogens is 738 g/mol. The molecule has 6 atom stereocenters. The molecule has 8 nitrogen and oxygen atoms in total. The molecule has 2 heterocycles. The number of rotatable bonds is 33. The number of cyclic esters (lactones) is 2. The summed E-state index contributed by atoms with van der Waals surface area (Å²) in [7, 11) is 0. The first-order valence-corrected chi connectivity index (χ1v) is 26.8. The zero-order valence-electron chi connectivity index (χ0n) is 30.6. The number of nitrogens with one attached hydrogen (secondary N) is 2. The molecule has 2 saturated heterocycles. The Balaban J connectivity index is 1.53. The summed E-state index contributed by atoms with van der Waals surface area (Å²) in [5.41, 5.74) is 0. The summed E-state index contributed by atoms with van der Waals surface area (Å²) in [5.74, 6) is 0. The molecular formula is C38H72N2O6Se2. The van der Waals surface area contributed by atoms with E-state index in [1.165, 1.54) is 128 Å². The van der Waals surface area contributed by atoms with Crippen LogP contribution in [0.3, 0.4) is 0 Å². The summed E-state index contributed by atoms with van der Waals surface area (Å²) < 4.78 is 11.0. The molecule has 0 aliphatic carbocycles. The molecule has 0 spiro atoms. The molecule has 282 valence electrons. The van der Waals surface area contributed by atoms with Crippen molar-refractivity contribution in [2.45, 2.75) is 228 Å². The Kier molecular flexibility index (Phi) is 26.5. The van der Waals surface area contributed by atoms with Crippen LogP contribution in [0.1, 0.15) is 181 Å².